The molecule has 6 nitrogen and oxygen atoms in total. The van der Waals surface area contributed by atoms with Crippen LogP contribution in [0.4, 0.5) is 0 Å². The van der Waals surface area contributed by atoms with Crippen molar-refractivity contribution in [2.45, 2.75) is 309 Å². The van der Waals surface area contributed by atoms with E-state index in [0.29, 0.717) is 19.3 Å². The Morgan fingerprint density at radius 1 is 0.302 bits per heavy atom. The van der Waals surface area contributed by atoms with Gasteiger partial charge < -0.3 is 14.2 Å². The largest absolute Gasteiger partial charge is 0.462 e. The summed E-state index contributed by atoms with van der Waals surface area (Å²) >= 11 is 0. The number of hydrogen-bond donors (Lipinski definition) is 0. The summed E-state index contributed by atoms with van der Waals surface area (Å²) in [4.78, 5) is 37.6. The lowest BCUT2D eigenvalue weighted by Crippen LogP contribution is -2.30. The topological polar surface area (TPSA) is 78.9 Å². The van der Waals surface area contributed by atoms with Gasteiger partial charge in [0.25, 0.3) is 0 Å². The molecule has 0 aromatic heterocycles. The highest BCUT2D eigenvalue weighted by Crippen LogP contribution is 2.16. The zero-order valence-corrected chi connectivity index (χ0v) is 42.4. The van der Waals surface area contributed by atoms with Crippen LogP contribution in [0.1, 0.15) is 303 Å². The maximum Gasteiger partial charge on any atom is 0.306 e. The first-order valence-corrected chi connectivity index (χ1v) is 27.8. The summed E-state index contributed by atoms with van der Waals surface area (Å²) in [5.74, 6) is -0.884. The van der Waals surface area contributed by atoms with Gasteiger partial charge in [0.15, 0.2) is 6.10 Å². The average molecular weight is 887 g/mol. The van der Waals surface area contributed by atoms with Crippen LogP contribution in [-0.4, -0.2) is 37.2 Å². The molecule has 1 atom stereocenters. The van der Waals surface area contributed by atoms with Crippen molar-refractivity contribution in [3.63, 3.8) is 0 Å². The van der Waals surface area contributed by atoms with Crippen LogP contribution >= 0.6 is 0 Å². The van der Waals surface area contributed by atoms with Crippen LogP contribution < -0.4 is 0 Å². The summed E-state index contributed by atoms with van der Waals surface area (Å²) in [7, 11) is 0. The van der Waals surface area contributed by atoms with E-state index in [1.54, 1.807) is 0 Å². The van der Waals surface area contributed by atoms with E-state index in [2.05, 4.69) is 45.1 Å². The second-order valence-corrected chi connectivity index (χ2v) is 18.8. The molecule has 0 aliphatic rings. The van der Waals surface area contributed by atoms with Crippen molar-refractivity contribution in [2.75, 3.05) is 13.2 Å². The van der Waals surface area contributed by atoms with Gasteiger partial charge in [0, 0.05) is 19.3 Å². The van der Waals surface area contributed by atoms with Gasteiger partial charge in [-0.1, -0.05) is 244 Å². The van der Waals surface area contributed by atoms with E-state index in [4.69, 9.17) is 14.2 Å². The Kier molecular flexibility index (Phi) is 50.8. The molecule has 0 saturated carbocycles. The first-order chi connectivity index (χ1) is 31.0. The number of carbonyl (C=O) groups is 3. The minimum Gasteiger partial charge on any atom is -0.462 e. The van der Waals surface area contributed by atoms with Crippen molar-refractivity contribution in [2.24, 2.45) is 0 Å². The Hall–Kier alpha value is -2.11. The van der Waals surface area contributed by atoms with Gasteiger partial charge >= 0.3 is 17.9 Å². The molecule has 0 fully saturated rings. The summed E-state index contributed by atoms with van der Waals surface area (Å²) < 4.78 is 16.6. The first-order valence-electron chi connectivity index (χ1n) is 27.8. The molecule has 0 amide bonds. The molecular weight excluding hydrogens is 781 g/mol. The van der Waals surface area contributed by atoms with E-state index < -0.39 is 6.10 Å². The quantitative estimate of drug-likeness (QED) is 0.0262. The van der Waals surface area contributed by atoms with Crippen LogP contribution in [-0.2, 0) is 28.6 Å². The number of rotatable bonds is 51. The highest BCUT2D eigenvalue weighted by atomic mass is 16.6. The minimum absolute atomic E-state index is 0.0716. The molecule has 0 radical (unpaired) electrons. The predicted molar refractivity (Wildman–Crippen MR) is 270 cm³/mol. The van der Waals surface area contributed by atoms with Crippen molar-refractivity contribution in [1.29, 1.82) is 0 Å². The van der Waals surface area contributed by atoms with Crippen LogP contribution in [0.5, 0.6) is 0 Å². The Morgan fingerprint density at radius 3 is 0.841 bits per heavy atom. The zero-order chi connectivity index (χ0) is 45.8. The molecule has 0 N–H and O–H groups in total. The predicted octanol–water partition coefficient (Wildman–Crippen LogP) is 18.3. The van der Waals surface area contributed by atoms with Gasteiger partial charge in [-0.2, -0.15) is 0 Å². The Labute approximate surface area is 392 Å². The molecule has 370 valence electrons. The molecule has 0 aromatic carbocycles. The lowest BCUT2D eigenvalue weighted by atomic mass is 10.0. The summed E-state index contributed by atoms with van der Waals surface area (Å²) in [6.45, 7) is 6.53. The Balaban J connectivity index is 3.90. The maximum absolute atomic E-state index is 12.7. The molecule has 0 spiro atoms. The fourth-order valence-corrected chi connectivity index (χ4v) is 8.18. The smallest absolute Gasteiger partial charge is 0.306 e. The van der Waals surface area contributed by atoms with E-state index in [0.717, 1.165) is 70.6 Å². The standard InChI is InChI=1S/C57H106O6/c1-4-7-10-13-15-17-19-20-21-22-23-24-25-26-27-28-29-30-31-32-33-34-35-36-38-39-41-44-47-50-56(59)62-53-54(52-61-55(58)49-46-43-12-9-6-3)63-57(60)51-48-45-42-40-37-18-16-14-11-8-5-2/h14,16,22-23,54H,4-13,15,17-21,24-53H2,1-3H3/b16-14-,23-22-. The molecule has 0 aromatic rings. The molecule has 0 saturated heterocycles. The number of carbonyl (C=O) groups excluding carboxylic acids is 3. The lowest BCUT2D eigenvalue weighted by Gasteiger charge is -2.18. The molecule has 6 heteroatoms. The Morgan fingerprint density at radius 2 is 0.540 bits per heavy atom. The fraction of sp³-hybridized carbons (Fsp3) is 0.877. The number of ether oxygens (including phenoxy) is 3. The average Bonchev–Trinajstić information content (AvgIpc) is 3.28. The van der Waals surface area contributed by atoms with E-state index in [1.165, 1.54) is 193 Å². The van der Waals surface area contributed by atoms with E-state index in [-0.39, 0.29) is 31.1 Å². The van der Waals surface area contributed by atoms with Crippen LogP contribution in [0, 0.1) is 0 Å². The second kappa shape index (κ2) is 52.5. The normalized spacial score (nSPS) is 12.1. The minimum atomic E-state index is -0.767. The van der Waals surface area contributed by atoms with E-state index >= 15 is 0 Å². The van der Waals surface area contributed by atoms with Crippen LogP contribution in [0.2, 0.25) is 0 Å². The maximum atomic E-state index is 12.7. The Bertz CT molecular complexity index is 1020. The molecule has 0 heterocycles. The van der Waals surface area contributed by atoms with E-state index in [9.17, 15) is 14.4 Å². The SMILES string of the molecule is CCCC/C=C\CCCCCCCC(=O)OC(COC(=O)CCCCCCC)COC(=O)CCCCCCCCCCCCCCCCCCC/C=C\CCCCCCCCCC. The van der Waals surface area contributed by atoms with Gasteiger partial charge in [0.05, 0.1) is 0 Å². The number of esters is 3. The van der Waals surface area contributed by atoms with Crippen molar-refractivity contribution >= 4 is 17.9 Å². The van der Waals surface area contributed by atoms with Crippen LogP contribution in [0.25, 0.3) is 0 Å². The number of unbranched alkanes of at least 4 members (excludes halogenated alkanes) is 36. The summed E-state index contributed by atoms with van der Waals surface area (Å²) in [5, 5.41) is 0. The van der Waals surface area contributed by atoms with Gasteiger partial charge in [-0.25, -0.2) is 0 Å². The third-order valence-corrected chi connectivity index (χ3v) is 12.4. The molecule has 1 unspecified atom stereocenters. The zero-order valence-electron chi connectivity index (χ0n) is 42.4. The molecule has 0 aliphatic carbocycles. The van der Waals surface area contributed by atoms with Gasteiger partial charge in [-0.05, 0) is 64.2 Å². The fourth-order valence-electron chi connectivity index (χ4n) is 8.18. The highest BCUT2D eigenvalue weighted by molar-refractivity contribution is 5.71. The molecular formula is C57H106O6. The number of hydrogen-bond acceptors (Lipinski definition) is 6. The van der Waals surface area contributed by atoms with Crippen LogP contribution in [0.15, 0.2) is 24.3 Å². The van der Waals surface area contributed by atoms with Gasteiger partial charge in [-0.3, -0.25) is 14.4 Å². The van der Waals surface area contributed by atoms with Gasteiger partial charge in [0.2, 0.25) is 0 Å². The van der Waals surface area contributed by atoms with Crippen LogP contribution in [0.3, 0.4) is 0 Å². The number of allylic oxidation sites excluding steroid dienone is 4. The van der Waals surface area contributed by atoms with Gasteiger partial charge in [-0.15, -0.1) is 0 Å². The molecule has 0 bridgehead atoms. The third kappa shape index (κ3) is 50.7. The third-order valence-electron chi connectivity index (χ3n) is 12.4. The molecule has 63 heavy (non-hydrogen) atoms. The van der Waals surface area contributed by atoms with E-state index in [1.807, 2.05) is 0 Å². The second-order valence-electron chi connectivity index (χ2n) is 18.8. The molecule has 0 aliphatic heterocycles. The monoisotopic (exact) mass is 887 g/mol. The van der Waals surface area contributed by atoms with Crippen molar-refractivity contribution in [3.05, 3.63) is 24.3 Å². The van der Waals surface area contributed by atoms with Crippen molar-refractivity contribution < 1.29 is 28.6 Å². The highest BCUT2D eigenvalue weighted by Gasteiger charge is 2.19. The van der Waals surface area contributed by atoms with Crippen molar-refractivity contribution in [3.8, 4) is 0 Å². The summed E-state index contributed by atoms with van der Waals surface area (Å²) in [6, 6.07) is 0. The summed E-state index contributed by atoms with van der Waals surface area (Å²) in [6.07, 6.45) is 60.9. The summed E-state index contributed by atoms with van der Waals surface area (Å²) in [5.41, 5.74) is 0. The first kappa shape index (κ1) is 60.9. The van der Waals surface area contributed by atoms with Crippen molar-refractivity contribution in [1.82, 2.24) is 0 Å². The molecule has 0 rings (SSSR count). The van der Waals surface area contributed by atoms with Gasteiger partial charge in [0.1, 0.15) is 13.2 Å². The lowest BCUT2D eigenvalue weighted by molar-refractivity contribution is -0.167.